The van der Waals surface area contributed by atoms with Gasteiger partial charge in [0.05, 0.1) is 11.0 Å². The highest BCUT2D eigenvalue weighted by Gasteiger charge is 2.40. The molecule has 2 heterocycles. The van der Waals surface area contributed by atoms with Gasteiger partial charge in [0.1, 0.15) is 9.20 Å². The number of β-amino-alcohol motifs (C(OH)–C–C–N with tert-alkyl or cyclic N) is 1. The second kappa shape index (κ2) is 6.27. The zero-order chi connectivity index (χ0) is 15.8. The number of thiocarbonyl (C=S) groups is 1. The lowest BCUT2D eigenvalue weighted by atomic mass is 10.2. The third-order valence-electron chi connectivity index (χ3n) is 3.31. The first-order valence-electron chi connectivity index (χ1n) is 6.46. The summed E-state index contributed by atoms with van der Waals surface area (Å²) < 4.78 is 27.1. The first-order valence-corrected chi connectivity index (χ1v) is 9.12. The Bertz CT molecular complexity index is 627. The van der Waals surface area contributed by atoms with Crippen molar-refractivity contribution in [2.24, 2.45) is 5.73 Å². The fourth-order valence-corrected chi connectivity index (χ4v) is 5.60. The zero-order valence-electron chi connectivity index (χ0n) is 11.9. The maximum atomic E-state index is 12.7. The first kappa shape index (κ1) is 16.8. The third-order valence-corrected chi connectivity index (χ3v) is 7.16. The van der Waals surface area contributed by atoms with E-state index in [2.05, 4.69) is 0 Å². The highest BCUT2D eigenvalue weighted by Crippen LogP contribution is 2.30. The minimum absolute atomic E-state index is 0.126. The monoisotopic (exact) mass is 349 g/mol. The molecule has 9 heteroatoms. The highest BCUT2D eigenvalue weighted by molar-refractivity contribution is 7.91. The number of hydrogen-bond donors (Lipinski definition) is 2. The molecule has 0 radical (unpaired) electrons. The second-order valence-electron chi connectivity index (χ2n) is 5.36. The minimum Gasteiger partial charge on any atom is -0.392 e. The fraction of sp³-hybridized carbons (Fsp3) is 0.583. The molecule has 1 aromatic heterocycles. The average molecular weight is 350 g/mol. The summed E-state index contributed by atoms with van der Waals surface area (Å²) in [6, 6.07) is 2.91. The van der Waals surface area contributed by atoms with Crippen LogP contribution in [0.1, 0.15) is 11.3 Å². The number of nitrogens with zero attached hydrogens (tertiary/aromatic N) is 2. The van der Waals surface area contributed by atoms with Gasteiger partial charge in [-0.25, -0.2) is 8.42 Å². The molecule has 1 fully saturated rings. The standard InChI is InChI=1S/C12H19N3O3S3/c1-14(2)6-8-5-9(16)7-15(8)21(17,18)11-4-3-10(20-11)12(13)19/h3-4,8-9,16H,5-7H2,1-2H3,(H2,13,19). The number of aliphatic hydroxyl groups excluding tert-OH is 1. The second-order valence-corrected chi connectivity index (χ2v) is 9.00. The van der Waals surface area contributed by atoms with E-state index < -0.39 is 16.1 Å². The molecule has 0 spiro atoms. The van der Waals surface area contributed by atoms with Crippen LogP contribution in [0.5, 0.6) is 0 Å². The van der Waals surface area contributed by atoms with Crippen LogP contribution in [0, 0.1) is 0 Å². The number of likely N-dealkylation sites (N-methyl/N-ethyl adjacent to an activating group) is 1. The lowest BCUT2D eigenvalue weighted by Crippen LogP contribution is -2.41. The van der Waals surface area contributed by atoms with Crippen molar-refractivity contribution in [2.75, 3.05) is 27.2 Å². The van der Waals surface area contributed by atoms with Crippen molar-refractivity contribution in [3.8, 4) is 0 Å². The van der Waals surface area contributed by atoms with E-state index in [9.17, 15) is 13.5 Å². The molecule has 0 saturated carbocycles. The summed E-state index contributed by atoms with van der Waals surface area (Å²) in [6.45, 7) is 0.699. The molecule has 0 bridgehead atoms. The molecular weight excluding hydrogens is 330 g/mol. The smallest absolute Gasteiger partial charge is 0.252 e. The molecule has 0 aromatic carbocycles. The Balaban J connectivity index is 2.30. The first-order chi connectivity index (χ1) is 9.71. The van der Waals surface area contributed by atoms with E-state index in [-0.39, 0.29) is 21.8 Å². The van der Waals surface area contributed by atoms with E-state index in [1.165, 1.54) is 10.4 Å². The van der Waals surface area contributed by atoms with Gasteiger partial charge in [0, 0.05) is 19.1 Å². The van der Waals surface area contributed by atoms with Crippen LogP contribution in [0.2, 0.25) is 0 Å². The normalized spacial score (nSPS) is 23.8. The van der Waals surface area contributed by atoms with Crippen molar-refractivity contribution >= 4 is 38.6 Å². The van der Waals surface area contributed by atoms with Crippen LogP contribution in [0.25, 0.3) is 0 Å². The molecule has 1 aliphatic heterocycles. The summed E-state index contributed by atoms with van der Waals surface area (Å²) in [5.41, 5.74) is 5.53. The van der Waals surface area contributed by atoms with Gasteiger partial charge in [-0.3, -0.25) is 0 Å². The number of aliphatic hydroxyl groups is 1. The van der Waals surface area contributed by atoms with Crippen LogP contribution in [0.3, 0.4) is 0 Å². The predicted octanol–water partition coefficient (Wildman–Crippen LogP) is 0.0678. The molecule has 6 nitrogen and oxygen atoms in total. The van der Waals surface area contributed by atoms with E-state index in [1.54, 1.807) is 6.07 Å². The van der Waals surface area contributed by atoms with Gasteiger partial charge in [0.25, 0.3) is 10.0 Å². The molecule has 2 rings (SSSR count). The van der Waals surface area contributed by atoms with Crippen LogP contribution in [-0.4, -0.2) is 67.0 Å². The topological polar surface area (TPSA) is 86.9 Å². The molecule has 118 valence electrons. The minimum atomic E-state index is -3.63. The maximum absolute atomic E-state index is 12.7. The molecule has 1 aromatic rings. The molecular formula is C12H19N3O3S3. The number of nitrogens with two attached hydrogens (primary N) is 1. The van der Waals surface area contributed by atoms with Crippen LogP contribution in [0.15, 0.2) is 16.3 Å². The van der Waals surface area contributed by atoms with Crippen LogP contribution < -0.4 is 5.73 Å². The third kappa shape index (κ3) is 3.61. The van der Waals surface area contributed by atoms with Gasteiger partial charge in [-0.1, -0.05) is 12.2 Å². The predicted molar refractivity (Wildman–Crippen MR) is 87.1 cm³/mol. The lowest BCUT2D eigenvalue weighted by Gasteiger charge is -2.25. The zero-order valence-corrected chi connectivity index (χ0v) is 14.3. The van der Waals surface area contributed by atoms with Gasteiger partial charge in [-0.05, 0) is 32.6 Å². The Morgan fingerprint density at radius 3 is 2.76 bits per heavy atom. The van der Waals surface area contributed by atoms with E-state index in [0.717, 1.165) is 11.3 Å². The lowest BCUT2D eigenvalue weighted by molar-refractivity contribution is 0.188. The highest BCUT2D eigenvalue weighted by atomic mass is 32.2. The molecule has 0 amide bonds. The van der Waals surface area contributed by atoms with Crippen molar-refractivity contribution in [1.82, 2.24) is 9.21 Å². The van der Waals surface area contributed by atoms with Crippen molar-refractivity contribution < 1.29 is 13.5 Å². The Labute approximate surface area is 134 Å². The summed E-state index contributed by atoms with van der Waals surface area (Å²) in [5.74, 6) is 0. The van der Waals surface area contributed by atoms with E-state index in [1.807, 2.05) is 19.0 Å². The molecule has 1 saturated heterocycles. The summed E-state index contributed by atoms with van der Waals surface area (Å²) in [6.07, 6.45) is -0.176. The van der Waals surface area contributed by atoms with Gasteiger partial charge in [-0.2, -0.15) is 4.31 Å². The summed E-state index contributed by atoms with van der Waals surface area (Å²) in [4.78, 5) is 2.68. The van der Waals surface area contributed by atoms with Gasteiger partial charge < -0.3 is 15.7 Å². The fourth-order valence-electron chi connectivity index (χ4n) is 2.45. The van der Waals surface area contributed by atoms with E-state index in [0.29, 0.717) is 17.8 Å². The van der Waals surface area contributed by atoms with Crippen molar-refractivity contribution in [3.05, 3.63) is 17.0 Å². The molecule has 3 N–H and O–H groups in total. The molecule has 2 atom stereocenters. The average Bonchev–Trinajstić information content (AvgIpc) is 2.95. The Hall–Kier alpha value is -0.580. The molecule has 2 unspecified atom stereocenters. The number of sulfonamides is 1. The Morgan fingerprint density at radius 1 is 1.57 bits per heavy atom. The van der Waals surface area contributed by atoms with Gasteiger partial charge in [0.2, 0.25) is 0 Å². The molecule has 21 heavy (non-hydrogen) atoms. The number of thiophene rings is 1. The van der Waals surface area contributed by atoms with Gasteiger partial charge in [0.15, 0.2) is 0 Å². The quantitative estimate of drug-likeness (QED) is 0.732. The van der Waals surface area contributed by atoms with Crippen LogP contribution >= 0.6 is 23.6 Å². The Morgan fingerprint density at radius 2 is 2.24 bits per heavy atom. The number of rotatable bonds is 5. The van der Waals surface area contributed by atoms with Gasteiger partial charge >= 0.3 is 0 Å². The van der Waals surface area contributed by atoms with Crippen molar-refractivity contribution in [2.45, 2.75) is 22.8 Å². The molecule has 0 aliphatic carbocycles. The van der Waals surface area contributed by atoms with Crippen molar-refractivity contribution in [3.63, 3.8) is 0 Å². The van der Waals surface area contributed by atoms with Gasteiger partial charge in [-0.15, -0.1) is 11.3 Å². The largest absolute Gasteiger partial charge is 0.392 e. The summed E-state index contributed by atoms with van der Waals surface area (Å²) in [7, 11) is 0.132. The number of hydrogen-bond acceptors (Lipinski definition) is 6. The Kier molecular flexibility index (Phi) is 5.01. The van der Waals surface area contributed by atoms with Crippen LogP contribution in [0.4, 0.5) is 0 Å². The maximum Gasteiger partial charge on any atom is 0.252 e. The van der Waals surface area contributed by atoms with Crippen molar-refractivity contribution in [1.29, 1.82) is 0 Å². The van der Waals surface area contributed by atoms with Crippen LogP contribution in [-0.2, 0) is 10.0 Å². The SMILES string of the molecule is CN(C)CC1CC(O)CN1S(=O)(=O)c1ccc(C(N)=S)s1. The summed E-state index contributed by atoms with van der Waals surface area (Å²) in [5, 5.41) is 9.82. The van der Waals surface area contributed by atoms with E-state index >= 15 is 0 Å². The van der Waals surface area contributed by atoms with E-state index in [4.69, 9.17) is 18.0 Å². The molecule has 1 aliphatic rings. The summed E-state index contributed by atoms with van der Waals surface area (Å²) >= 11 is 5.93.